The molecular formula is C18H24N. The minimum atomic E-state index is 0.727. The molecule has 1 heterocycles. The van der Waals surface area contributed by atoms with Crippen LogP contribution in [-0.2, 0) is 6.42 Å². The highest BCUT2D eigenvalue weighted by Gasteiger charge is 2.05. The number of benzene rings is 1. The molecule has 101 valence electrons. The maximum atomic E-state index is 4.75. The molecule has 19 heavy (non-hydrogen) atoms. The van der Waals surface area contributed by atoms with Gasteiger partial charge in [-0.3, -0.25) is 4.98 Å². The van der Waals surface area contributed by atoms with Gasteiger partial charge in [-0.05, 0) is 30.9 Å². The van der Waals surface area contributed by atoms with Crippen LogP contribution in [0, 0.1) is 12.3 Å². The van der Waals surface area contributed by atoms with E-state index in [2.05, 4.69) is 56.7 Å². The number of nitrogens with zero attached hydrogens (tertiary/aromatic N) is 1. The Balaban J connectivity index is 1.89. The van der Waals surface area contributed by atoms with E-state index < -0.39 is 0 Å². The van der Waals surface area contributed by atoms with Gasteiger partial charge in [-0.15, -0.1) is 0 Å². The second-order valence-corrected chi connectivity index (χ2v) is 5.50. The van der Waals surface area contributed by atoms with Crippen LogP contribution in [0.2, 0.25) is 0 Å². The zero-order valence-electron chi connectivity index (χ0n) is 12.1. The molecule has 0 aliphatic heterocycles. The zero-order chi connectivity index (χ0) is 13.5. The first-order valence-electron chi connectivity index (χ1n) is 7.42. The van der Waals surface area contributed by atoms with Crippen LogP contribution in [0.1, 0.15) is 45.2 Å². The van der Waals surface area contributed by atoms with E-state index in [1.54, 1.807) is 0 Å². The molecule has 0 spiro atoms. The topological polar surface area (TPSA) is 12.9 Å². The number of fused-ring (bicyclic) bond motifs is 1. The van der Waals surface area contributed by atoms with Crippen molar-refractivity contribution in [2.24, 2.45) is 5.92 Å². The van der Waals surface area contributed by atoms with E-state index in [4.69, 9.17) is 4.98 Å². The molecule has 0 fully saturated rings. The highest BCUT2D eigenvalue weighted by molar-refractivity contribution is 5.78. The third-order valence-electron chi connectivity index (χ3n) is 3.65. The third kappa shape index (κ3) is 4.34. The Morgan fingerprint density at radius 1 is 1.11 bits per heavy atom. The summed E-state index contributed by atoms with van der Waals surface area (Å²) in [4.78, 5) is 4.75. The summed E-state index contributed by atoms with van der Waals surface area (Å²) in [5, 5.41) is 1.23. The van der Waals surface area contributed by atoms with Gasteiger partial charge in [0.1, 0.15) is 0 Å². The summed E-state index contributed by atoms with van der Waals surface area (Å²) in [5.74, 6) is 0.727. The van der Waals surface area contributed by atoms with Crippen molar-refractivity contribution in [2.45, 2.75) is 46.0 Å². The maximum absolute atomic E-state index is 4.75. The van der Waals surface area contributed by atoms with Crippen LogP contribution in [0.5, 0.6) is 0 Å². The zero-order valence-corrected chi connectivity index (χ0v) is 12.1. The Hall–Kier alpha value is -1.37. The first-order valence-corrected chi connectivity index (χ1v) is 7.42. The monoisotopic (exact) mass is 254 g/mol. The number of hydrogen-bond donors (Lipinski definition) is 0. The molecule has 0 aliphatic carbocycles. The minimum absolute atomic E-state index is 0.727. The summed E-state index contributed by atoms with van der Waals surface area (Å²) in [6.45, 7) is 4.48. The largest absolute Gasteiger partial charge is 0.253 e. The molecule has 0 saturated heterocycles. The summed E-state index contributed by atoms with van der Waals surface area (Å²) < 4.78 is 0. The van der Waals surface area contributed by atoms with Gasteiger partial charge in [-0.1, -0.05) is 63.8 Å². The SMILES string of the molecule is C[CH]CCCCC(C)Cc1ccc2ccccc2n1. The number of hydrogen-bond acceptors (Lipinski definition) is 1. The quantitative estimate of drug-likeness (QED) is 0.619. The predicted octanol–water partition coefficient (Wildman–Crippen LogP) is 5.20. The van der Waals surface area contributed by atoms with Crippen molar-refractivity contribution in [1.82, 2.24) is 4.98 Å². The molecule has 2 aromatic rings. The molecule has 1 radical (unpaired) electrons. The molecule has 0 aliphatic rings. The van der Waals surface area contributed by atoms with Crippen molar-refractivity contribution in [1.29, 1.82) is 0 Å². The van der Waals surface area contributed by atoms with Gasteiger partial charge in [0.15, 0.2) is 0 Å². The number of unbranched alkanes of at least 4 members (excludes halogenated alkanes) is 3. The van der Waals surface area contributed by atoms with Crippen molar-refractivity contribution in [3.63, 3.8) is 0 Å². The van der Waals surface area contributed by atoms with Crippen LogP contribution < -0.4 is 0 Å². The third-order valence-corrected chi connectivity index (χ3v) is 3.65. The molecule has 1 aromatic heterocycles. The van der Waals surface area contributed by atoms with Gasteiger partial charge in [0.2, 0.25) is 0 Å². The van der Waals surface area contributed by atoms with Crippen LogP contribution >= 0.6 is 0 Å². The standard InChI is InChI=1S/C18H24N/c1-3-4-5-6-9-15(2)14-17-13-12-16-10-7-8-11-18(16)19-17/h3,7-8,10-13,15H,4-6,9,14H2,1-2H3. The lowest BCUT2D eigenvalue weighted by Gasteiger charge is -2.11. The van der Waals surface area contributed by atoms with Gasteiger partial charge in [-0.25, -0.2) is 0 Å². The molecule has 1 heteroatoms. The highest BCUT2D eigenvalue weighted by Crippen LogP contribution is 2.17. The number of para-hydroxylation sites is 1. The fourth-order valence-corrected chi connectivity index (χ4v) is 2.52. The van der Waals surface area contributed by atoms with Crippen molar-refractivity contribution in [3.05, 3.63) is 48.5 Å². The maximum Gasteiger partial charge on any atom is 0.0705 e. The molecular weight excluding hydrogens is 230 g/mol. The highest BCUT2D eigenvalue weighted by atomic mass is 14.7. The number of pyridine rings is 1. The second kappa shape index (κ2) is 7.28. The van der Waals surface area contributed by atoms with Gasteiger partial charge < -0.3 is 0 Å². The van der Waals surface area contributed by atoms with Crippen LogP contribution in [0.25, 0.3) is 10.9 Å². The first kappa shape index (κ1) is 14.0. The average molecular weight is 254 g/mol. The Morgan fingerprint density at radius 2 is 1.95 bits per heavy atom. The van der Waals surface area contributed by atoms with E-state index in [1.807, 2.05) is 0 Å². The second-order valence-electron chi connectivity index (χ2n) is 5.50. The van der Waals surface area contributed by atoms with Crippen molar-refractivity contribution < 1.29 is 0 Å². The van der Waals surface area contributed by atoms with E-state index in [1.165, 1.54) is 36.8 Å². The van der Waals surface area contributed by atoms with Gasteiger partial charge in [-0.2, -0.15) is 0 Å². The van der Waals surface area contributed by atoms with E-state index in [9.17, 15) is 0 Å². The van der Waals surface area contributed by atoms with Crippen LogP contribution in [0.15, 0.2) is 36.4 Å². The molecule has 1 unspecified atom stereocenters. The lowest BCUT2D eigenvalue weighted by molar-refractivity contribution is 0.491. The smallest absolute Gasteiger partial charge is 0.0705 e. The normalized spacial score (nSPS) is 12.7. The van der Waals surface area contributed by atoms with Crippen LogP contribution in [-0.4, -0.2) is 4.98 Å². The van der Waals surface area contributed by atoms with Crippen molar-refractivity contribution in [2.75, 3.05) is 0 Å². The summed E-state index contributed by atoms with van der Waals surface area (Å²) in [5.41, 5.74) is 2.35. The van der Waals surface area contributed by atoms with Crippen molar-refractivity contribution >= 4 is 10.9 Å². The predicted molar refractivity (Wildman–Crippen MR) is 83.1 cm³/mol. The molecule has 2 rings (SSSR count). The molecule has 1 aromatic carbocycles. The van der Waals surface area contributed by atoms with Crippen molar-refractivity contribution in [3.8, 4) is 0 Å². The molecule has 0 saturated carbocycles. The Morgan fingerprint density at radius 3 is 2.79 bits per heavy atom. The fourth-order valence-electron chi connectivity index (χ4n) is 2.52. The lowest BCUT2D eigenvalue weighted by Crippen LogP contribution is -2.02. The van der Waals surface area contributed by atoms with Gasteiger partial charge in [0, 0.05) is 11.1 Å². The van der Waals surface area contributed by atoms with E-state index in [0.29, 0.717) is 0 Å². The van der Waals surface area contributed by atoms with Gasteiger partial charge >= 0.3 is 0 Å². The Bertz CT molecular complexity index is 504. The molecule has 1 atom stereocenters. The molecule has 0 N–H and O–H groups in total. The lowest BCUT2D eigenvalue weighted by atomic mass is 9.97. The van der Waals surface area contributed by atoms with Crippen LogP contribution in [0.3, 0.4) is 0 Å². The fraction of sp³-hybridized carbons (Fsp3) is 0.444. The van der Waals surface area contributed by atoms with Gasteiger partial charge in [0.05, 0.1) is 5.52 Å². The molecule has 0 amide bonds. The summed E-state index contributed by atoms with van der Waals surface area (Å²) in [6, 6.07) is 12.7. The molecule has 1 nitrogen and oxygen atoms in total. The molecule has 0 bridgehead atoms. The summed E-state index contributed by atoms with van der Waals surface area (Å²) in [7, 11) is 0. The first-order chi connectivity index (χ1) is 9.29. The van der Waals surface area contributed by atoms with E-state index >= 15 is 0 Å². The summed E-state index contributed by atoms with van der Waals surface area (Å²) >= 11 is 0. The van der Waals surface area contributed by atoms with E-state index in [0.717, 1.165) is 17.9 Å². The van der Waals surface area contributed by atoms with Gasteiger partial charge in [0.25, 0.3) is 0 Å². The number of aromatic nitrogens is 1. The summed E-state index contributed by atoms with van der Waals surface area (Å²) in [6.07, 6.45) is 8.57. The Kier molecular flexibility index (Phi) is 5.38. The Labute approximate surface area is 117 Å². The van der Waals surface area contributed by atoms with Crippen LogP contribution in [0.4, 0.5) is 0 Å². The van der Waals surface area contributed by atoms with E-state index in [-0.39, 0.29) is 0 Å². The number of rotatable bonds is 7. The minimum Gasteiger partial charge on any atom is -0.253 e. The average Bonchev–Trinajstić information content (AvgIpc) is 2.43.